The monoisotopic (exact) mass is 379 g/mol. The first-order valence-electron chi connectivity index (χ1n) is 6.40. The summed E-state index contributed by atoms with van der Waals surface area (Å²) in [4.78, 5) is 21.1. The van der Waals surface area contributed by atoms with Crippen molar-refractivity contribution in [3.63, 3.8) is 0 Å². The number of rotatable bonds is 2. The van der Waals surface area contributed by atoms with Gasteiger partial charge in [0, 0.05) is 12.4 Å². The lowest BCUT2D eigenvalue weighted by Crippen LogP contribution is -2.20. The van der Waals surface area contributed by atoms with Gasteiger partial charge in [-0.1, -0.05) is 23.9 Å². The number of nitrogens with zero attached hydrogens (tertiary/aromatic N) is 3. The summed E-state index contributed by atoms with van der Waals surface area (Å²) < 4.78 is 16.1. The largest absolute Gasteiger partial charge is 0.279 e. The summed E-state index contributed by atoms with van der Waals surface area (Å²) in [5, 5.41) is 0.919. The van der Waals surface area contributed by atoms with Gasteiger partial charge in [0.1, 0.15) is 5.82 Å². The molecule has 22 heavy (non-hydrogen) atoms. The van der Waals surface area contributed by atoms with Gasteiger partial charge in [-0.3, -0.25) is 9.36 Å². The van der Waals surface area contributed by atoms with Crippen molar-refractivity contribution in [1.82, 2.24) is 14.5 Å². The number of thioether (sulfide) groups is 1. The van der Waals surface area contributed by atoms with Crippen molar-refractivity contribution in [1.29, 1.82) is 0 Å². The Kier molecular flexibility index (Phi) is 4.01. The van der Waals surface area contributed by atoms with E-state index in [0.717, 1.165) is 0 Å². The number of pyridine rings is 1. The van der Waals surface area contributed by atoms with Gasteiger partial charge in [-0.25, -0.2) is 14.4 Å². The summed E-state index contributed by atoms with van der Waals surface area (Å²) in [6.45, 7) is 1.76. The molecule has 3 rings (SSSR count). The van der Waals surface area contributed by atoms with Gasteiger partial charge in [-0.15, -0.1) is 0 Å². The molecule has 0 saturated heterocycles. The van der Waals surface area contributed by atoms with E-state index >= 15 is 0 Å². The van der Waals surface area contributed by atoms with Crippen molar-refractivity contribution in [3.8, 4) is 5.69 Å². The number of hydrogen-bond acceptors (Lipinski definition) is 4. The third-order valence-electron chi connectivity index (χ3n) is 3.30. The highest BCUT2D eigenvalue weighted by molar-refractivity contribution is 9.10. The number of aromatic nitrogens is 3. The van der Waals surface area contributed by atoms with Gasteiger partial charge >= 0.3 is 0 Å². The van der Waals surface area contributed by atoms with Crippen LogP contribution in [-0.4, -0.2) is 20.8 Å². The normalized spacial score (nSPS) is 11.1. The van der Waals surface area contributed by atoms with Gasteiger partial charge in [0.25, 0.3) is 5.56 Å². The molecule has 0 saturated carbocycles. The van der Waals surface area contributed by atoms with E-state index in [4.69, 9.17) is 0 Å². The van der Waals surface area contributed by atoms with Gasteiger partial charge in [-0.05, 0) is 40.7 Å². The van der Waals surface area contributed by atoms with Crippen LogP contribution in [0, 0.1) is 12.7 Å². The Bertz CT molecular complexity index is 922. The van der Waals surface area contributed by atoms with Crippen molar-refractivity contribution in [3.05, 3.63) is 56.8 Å². The fourth-order valence-electron chi connectivity index (χ4n) is 2.26. The zero-order chi connectivity index (χ0) is 15.9. The van der Waals surface area contributed by atoms with Crippen LogP contribution in [0.15, 0.2) is 45.0 Å². The zero-order valence-electron chi connectivity index (χ0n) is 11.8. The Hall–Kier alpha value is -1.73. The van der Waals surface area contributed by atoms with E-state index in [1.54, 1.807) is 25.3 Å². The lowest BCUT2D eigenvalue weighted by molar-refractivity contribution is 0.615. The standard InChI is InChI=1S/C15H11BrFN3OS/c1-8-4-3-5-11(17)13(8)20-7-10(16)12-9(14(20)21)6-18-15(19-12)22-2/h3-7H,1-2H3. The highest BCUT2D eigenvalue weighted by Crippen LogP contribution is 2.24. The average molecular weight is 380 g/mol. The van der Waals surface area contributed by atoms with E-state index in [1.807, 2.05) is 6.26 Å². The van der Waals surface area contributed by atoms with E-state index in [2.05, 4.69) is 25.9 Å². The Labute approximate surface area is 138 Å². The SMILES string of the molecule is CSc1ncc2c(=O)n(-c3c(C)cccc3F)cc(Br)c2n1. The molecule has 0 unspecified atom stereocenters. The number of benzene rings is 1. The molecule has 0 aliphatic carbocycles. The van der Waals surface area contributed by atoms with Gasteiger partial charge in [0.2, 0.25) is 0 Å². The highest BCUT2D eigenvalue weighted by atomic mass is 79.9. The van der Waals surface area contributed by atoms with Crippen molar-refractivity contribution in [2.45, 2.75) is 12.1 Å². The average Bonchev–Trinajstić information content (AvgIpc) is 2.51. The molecule has 0 N–H and O–H groups in total. The Morgan fingerprint density at radius 1 is 1.36 bits per heavy atom. The topological polar surface area (TPSA) is 47.8 Å². The molecular formula is C15H11BrFN3OS. The molecular weight excluding hydrogens is 369 g/mol. The first-order chi connectivity index (χ1) is 10.5. The number of aryl methyl sites for hydroxylation is 1. The van der Waals surface area contributed by atoms with Gasteiger partial charge in [-0.2, -0.15) is 0 Å². The molecule has 112 valence electrons. The van der Waals surface area contributed by atoms with Crippen molar-refractivity contribution < 1.29 is 4.39 Å². The zero-order valence-corrected chi connectivity index (χ0v) is 14.2. The van der Waals surface area contributed by atoms with Crippen molar-refractivity contribution in [2.75, 3.05) is 6.26 Å². The third-order valence-corrected chi connectivity index (χ3v) is 4.44. The van der Waals surface area contributed by atoms with Crippen LogP contribution in [0.25, 0.3) is 16.6 Å². The molecule has 2 heterocycles. The maximum atomic E-state index is 14.2. The van der Waals surface area contributed by atoms with Crippen LogP contribution in [0.1, 0.15) is 5.56 Å². The molecule has 4 nitrogen and oxygen atoms in total. The smallest absolute Gasteiger partial charge is 0.266 e. The predicted octanol–water partition coefficient (Wildman–Crippen LogP) is 3.71. The minimum atomic E-state index is -0.449. The summed E-state index contributed by atoms with van der Waals surface area (Å²) in [5.74, 6) is -0.449. The van der Waals surface area contributed by atoms with Crippen LogP contribution in [0.3, 0.4) is 0 Å². The van der Waals surface area contributed by atoms with Crippen molar-refractivity contribution >= 4 is 38.6 Å². The summed E-state index contributed by atoms with van der Waals surface area (Å²) in [5.41, 5.74) is 1.09. The fourth-order valence-corrected chi connectivity index (χ4v) is 3.11. The number of halogens is 2. The summed E-state index contributed by atoms with van der Waals surface area (Å²) in [6.07, 6.45) is 4.89. The molecule has 0 spiro atoms. The number of para-hydroxylation sites is 1. The van der Waals surface area contributed by atoms with Crippen LogP contribution in [0.4, 0.5) is 4.39 Å². The van der Waals surface area contributed by atoms with Crippen molar-refractivity contribution in [2.24, 2.45) is 0 Å². The molecule has 0 atom stereocenters. The van der Waals surface area contributed by atoms with Gasteiger partial charge < -0.3 is 0 Å². The Morgan fingerprint density at radius 3 is 2.82 bits per heavy atom. The second kappa shape index (κ2) is 5.81. The maximum absolute atomic E-state index is 14.2. The molecule has 7 heteroatoms. The summed E-state index contributed by atoms with van der Waals surface area (Å²) in [7, 11) is 0. The third kappa shape index (κ3) is 2.44. The van der Waals surface area contributed by atoms with Gasteiger partial charge in [0.15, 0.2) is 5.16 Å². The van der Waals surface area contributed by atoms with E-state index in [0.29, 0.717) is 26.1 Å². The summed E-state index contributed by atoms with van der Waals surface area (Å²) in [6, 6.07) is 4.71. The Balaban J connectivity index is 2.38. The lowest BCUT2D eigenvalue weighted by Gasteiger charge is -2.12. The van der Waals surface area contributed by atoms with E-state index in [-0.39, 0.29) is 11.2 Å². The first-order valence-corrected chi connectivity index (χ1v) is 8.42. The molecule has 0 amide bonds. The molecule has 1 aromatic carbocycles. The first kappa shape index (κ1) is 15.2. The molecule has 2 aromatic heterocycles. The van der Waals surface area contributed by atoms with E-state index in [9.17, 15) is 9.18 Å². The summed E-state index contributed by atoms with van der Waals surface area (Å²) >= 11 is 4.80. The van der Waals surface area contributed by atoms with E-state index in [1.165, 1.54) is 28.6 Å². The molecule has 0 radical (unpaired) electrons. The van der Waals surface area contributed by atoms with Gasteiger partial charge in [0.05, 0.1) is 21.1 Å². The molecule has 0 fully saturated rings. The second-order valence-electron chi connectivity index (χ2n) is 4.68. The minimum absolute atomic E-state index is 0.240. The highest BCUT2D eigenvalue weighted by Gasteiger charge is 2.15. The van der Waals surface area contributed by atoms with Crippen LogP contribution in [0.5, 0.6) is 0 Å². The maximum Gasteiger partial charge on any atom is 0.266 e. The fraction of sp³-hybridized carbons (Fsp3) is 0.133. The predicted molar refractivity (Wildman–Crippen MR) is 89.3 cm³/mol. The van der Waals surface area contributed by atoms with Crippen LogP contribution in [0.2, 0.25) is 0 Å². The van der Waals surface area contributed by atoms with Crippen LogP contribution < -0.4 is 5.56 Å². The van der Waals surface area contributed by atoms with Crippen LogP contribution in [-0.2, 0) is 0 Å². The van der Waals surface area contributed by atoms with Crippen LogP contribution >= 0.6 is 27.7 Å². The lowest BCUT2D eigenvalue weighted by atomic mass is 10.2. The second-order valence-corrected chi connectivity index (χ2v) is 6.30. The molecule has 3 aromatic rings. The number of hydrogen-bond donors (Lipinski definition) is 0. The molecule has 0 aliphatic rings. The molecule has 0 bridgehead atoms. The quantitative estimate of drug-likeness (QED) is 0.502. The number of fused-ring (bicyclic) bond motifs is 1. The van der Waals surface area contributed by atoms with E-state index < -0.39 is 5.82 Å². The molecule has 0 aliphatic heterocycles. The minimum Gasteiger partial charge on any atom is -0.279 e. The Morgan fingerprint density at radius 2 is 2.14 bits per heavy atom.